The van der Waals surface area contributed by atoms with Gasteiger partial charge in [0.1, 0.15) is 0 Å². The van der Waals surface area contributed by atoms with Crippen LogP contribution in [0.4, 0.5) is 5.69 Å². The second-order valence-corrected chi connectivity index (χ2v) is 6.17. The van der Waals surface area contributed by atoms with Gasteiger partial charge in [0, 0.05) is 6.20 Å². The number of aryl methyl sites for hydroxylation is 3. The largest absolute Gasteiger partial charge is 0.278 e. The van der Waals surface area contributed by atoms with Gasteiger partial charge in [-0.3, -0.25) is 9.71 Å². The molecule has 100 valence electrons. The van der Waals surface area contributed by atoms with Gasteiger partial charge in [0.25, 0.3) is 10.0 Å². The maximum Gasteiger partial charge on any atom is 0.261 e. The molecule has 4 nitrogen and oxygen atoms in total. The van der Waals surface area contributed by atoms with E-state index in [0.29, 0.717) is 11.4 Å². The third-order valence-corrected chi connectivity index (χ3v) is 4.40. The van der Waals surface area contributed by atoms with Gasteiger partial charge in [0.05, 0.1) is 16.3 Å². The molecule has 0 amide bonds. The predicted molar refractivity (Wildman–Crippen MR) is 75.7 cm³/mol. The zero-order valence-electron chi connectivity index (χ0n) is 11.1. The first-order valence-electron chi connectivity index (χ1n) is 5.92. The average Bonchev–Trinajstić information content (AvgIpc) is 2.35. The van der Waals surface area contributed by atoms with Crippen molar-refractivity contribution in [2.75, 3.05) is 4.72 Å². The van der Waals surface area contributed by atoms with Gasteiger partial charge in [0.15, 0.2) is 0 Å². The van der Waals surface area contributed by atoms with Crippen LogP contribution in [0.25, 0.3) is 0 Å². The van der Waals surface area contributed by atoms with E-state index in [1.165, 1.54) is 0 Å². The SMILES string of the molecule is Cc1ccc(S(=O)(=O)Nc2cccnc2C)cc1C. The first-order valence-corrected chi connectivity index (χ1v) is 7.40. The number of anilines is 1. The van der Waals surface area contributed by atoms with Gasteiger partial charge in [-0.2, -0.15) is 0 Å². The number of benzene rings is 1. The fraction of sp³-hybridized carbons (Fsp3) is 0.214. The minimum Gasteiger partial charge on any atom is -0.278 e. The van der Waals surface area contributed by atoms with E-state index < -0.39 is 10.0 Å². The molecule has 1 heterocycles. The molecule has 0 radical (unpaired) electrons. The Balaban J connectivity index is 2.38. The Morgan fingerprint density at radius 3 is 2.42 bits per heavy atom. The standard InChI is InChI=1S/C14H16N2O2S/c1-10-6-7-13(9-11(10)2)19(17,18)16-14-5-4-8-15-12(14)3/h4-9,16H,1-3H3. The van der Waals surface area contributed by atoms with Crippen LogP contribution in [0.2, 0.25) is 0 Å². The predicted octanol–water partition coefficient (Wildman–Crippen LogP) is 2.81. The molecule has 1 aromatic heterocycles. The summed E-state index contributed by atoms with van der Waals surface area (Å²) in [5, 5.41) is 0. The normalized spacial score (nSPS) is 11.3. The third-order valence-electron chi connectivity index (χ3n) is 3.04. The van der Waals surface area contributed by atoms with E-state index in [0.717, 1.165) is 11.1 Å². The lowest BCUT2D eigenvalue weighted by atomic mass is 10.1. The van der Waals surface area contributed by atoms with Crippen molar-refractivity contribution >= 4 is 15.7 Å². The van der Waals surface area contributed by atoms with Crippen molar-refractivity contribution in [1.29, 1.82) is 0 Å². The summed E-state index contributed by atoms with van der Waals surface area (Å²) < 4.78 is 27.1. The lowest BCUT2D eigenvalue weighted by molar-refractivity contribution is 0.601. The Labute approximate surface area is 113 Å². The van der Waals surface area contributed by atoms with Gasteiger partial charge in [-0.25, -0.2) is 8.42 Å². The number of nitrogens with one attached hydrogen (secondary N) is 1. The molecule has 0 unspecified atom stereocenters. The van der Waals surface area contributed by atoms with Gasteiger partial charge in [-0.1, -0.05) is 6.07 Å². The number of pyridine rings is 1. The van der Waals surface area contributed by atoms with E-state index in [9.17, 15) is 8.42 Å². The first-order chi connectivity index (χ1) is 8.90. The molecule has 0 bridgehead atoms. The van der Waals surface area contributed by atoms with Crippen LogP contribution in [-0.4, -0.2) is 13.4 Å². The molecule has 5 heteroatoms. The quantitative estimate of drug-likeness (QED) is 0.937. The number of hydrogen-bond donors (Lipinski definition) is 1. The van der Waals surface area contributed by atoms with E-state index in [4.69, 9.17) is 0 Å². The molecule has 0 saturated carbocycles. The Kier molecular flexibility index (Phi) is 3.57. The van der Waals surface area contributed by atoms with E-state index >= 15 is 0 Å². The lowest BCUT2D eigenvalue weighted by Gasteiger charge is -2.11. The molecule has 0 spiro atoms. The van der Waals surface area contributed by atoms with E-state index in [1.54, 1.807) is 43.5 Å². The third kappa shape index (κ3) is 2.93. The Bertz CT molecular complexity index is 709. The molecule has 2 rings (SSSR count). The van der Waals surface area contributed by atoms with Crippen LogP contribution in [0.15, 0.2) is 41.4 Å². The highest BCUT2D eigenvalue weighted by molar-refractivity contribution is 7.92. The van der Waals surface area contributed by atoms with E-state index in [1.807, 2.05) is 13.8 Å². The minimum atomic E-state index is -3.57. The van der Waals surface area contributed by atoms with Gasteiger partial charge in [-0.15, -0.1) is 0 Å². The number of sulfonamides is 1. The number of nitrogens with zero attached hydrogens (tertiary/aromatic N) is 1. The molecular formula is C14H16N2O2S. The van der Waals surface area contributed by atoms with Crippen molar-refractivity contribution in [3.8, 4) is 0 Å². The maximum atomic E-state index is 12.3. The van der Waals surface area contributed by atoms with Crippen molar-refractivity contribution in [1.82, 2.24) is 4.98 Å². The van der Waals surface area contributed by atoms with E-state index in [2.05, 4.69) is 9.71 Å². The Morgan fingerprint density at radius 2 is 1.79 bits per heavy atom. The number of aromatic nitrogens is 1. The summed E-state index contributed by atoms with van der Waals surface area (Å²) in [6.45, 7) is 5.60. The van der Waals surface area contributed by atoms with Gasteiger partial charge in [-0.05, 0) is 56.2 Å². The molecule has 1 N–H and O–H groups in total. The van der Waals surface area contributed by atoms with Crippen molar-refractivity contribution in [2.24, 2.45) is 0 Å². The van der Waals surface area contributed by atoms with Crippen molar-refractivity contribution in [2.45, 2.75) is 25.7 Å². The zero-order valence-corrected chi connectivity index (χ0v) is 12.0. The highest BCUT2D eigenvalue weighted by atomic mass is 32.2. The summed E-state index contributed by atoms with van der Waals surface area (Å²) >= 11 is 0. The molecule has 1 aromatic carbocycles. The topological polar surface area (TPSA) is 59.1 Å². The molecule has 0 fully saturated rings. The summed E-state index contributed by atoms with van der Waals surface area (Å²) in [5.41, 5.74) is 3.16. The van der Waals surface area contributed by atoms with Crippen LogP contribution in [0.3, 0.4) is 0 Å². The molecule has 0 aliphatic rings. The van der Waals surface area contributed by atoms with Gasteiger partial charge in [0.2, 0.25) is 0 Å². The first kappa shape index (κ1) is 13.5. The average molecular weight is 276 g/mol. The van der Waals surface area contributed by atoms with Crippen LogP contribution in [-0.2, 0) is 10.0 Å². The maximum absolute atomic E-state index is 12.3. The van der Waals surface area contributed by atoms with Crippen molar-refractivity contribution < 1.29 is 8.42 Å². The summed E-state index contributed by atoms with van der Waals surface area (Å²) in [5.74, 6) is 0. The Morgan fingerprint density at radius 1 is 1.05 bits per heavy atom. The second-order valence-electron chi connectivity index (χ2n) is 4.49. The Hall–Kier alpha value is -1.88. The molecule has 19 heavy (non-hydrogen) atoms. The fourth-order valence-electron chi connectivity index (χ4n) is 1.68. The van der Waals surface area contributed by atoms with Gasteiger partial charge < -0.3 is 0 Å². The highest BCUT2D eigenvalue weighted by Gasteiger charge is 2.15. The molecule has 0 aliphatic carbocycles. The molecule has 2 aromatic rings. The van der Waals surface area contributed by atoms with Gasteiger partial charge >= 0.3 is 0 Å². The van der Waals surface area contributed by atoms with E-state index in [-0.39, 0.29) is 4.90 Å². The fourth-order valence-corrected chi connectivity index (χ4v) is 2.88. The zero-order chi connectivity index (χ0) is 14.0. The molecular weight excluding hydrogens is 260 g/mol. The lowest BCUT2D eigenvalue weighted by Crippen LogP contribution is -2.14. The van der Waals surface area contributed by atoms with Crippen LogP contribution >= 0.6 is 0 Å². The summed E-state index contributed by atoms with van der Waals surface area (Å²) in [7, 11) is -3.57. The number of hydrogen-bond acceptors (Lipinski definition) is 3. The number of rotatable bonds is 3. The minimum absolute atomic E-state index is 0.263. The van der Waals surface area contributed by atoms with Crippen molar-refractivity contribution in [3.63, 3.8) is 0 Å². The summed E-state index contributed by atoms with van der Waals surface area (Å²) in [6, 6.07) is 8.48. The van der Waals surface area contributed by atoms with Crippen LogP contribution in [0, 0.1) is 20.8 Å². The monoisotopic (exact) mass is 276 g/mol. The smallest absolute Gasteiger partial charge is 0.261 e. The summed E-state index contributed by atoms with van der Waals surface area (Å²) in [6.07, 6.45) is 1.63. The molecule has 0 aliphatic heterocycles. The van der Waals surface area contributed by atoms with Crippen LogP contribution in [0.5, 0.6) is 0 Å². The summed E-state index contributed by atoms with van der Waals surface area (Å²) in [4.78, 5) is 4.32. The highest BCUT2D eigenvalue weighted by Crippen LogP contribution is 2.19. The van der Waals surface area contributed by atoms with Crippen molar-refractivity contribution in [3.05, 3.63) is 53.3 Å². The molecule has 0 atom stereocenters. The van der Waals surface area contributed by atoms with Crippen LogP contribution in [0.1, 0.15) is 16.8 Å². The van der Waals surface area contributed by atoms with Crippen LogP contribution < -0.4 is 4.72 Å². The second kappa shape index (κ2) is 5.01. The molecule has 0 saturated heterocycles.